The lowest BCUT2D eigenvalue weighted by Gasteiger charge is -2.28. The summed E-state index contributed by atoms with van der Waals surface area (Å²) in [6.45, 7) is 6.77. The third kappa shape index (κ3) is 10.8. The molecule has 1 fully saturated rings. The third-order valence-corrected chi connectivity index (χ3v) is 8.43. The van der Waals surface area contributed by atoms with Crippen molar-refractivity contribution in [3.63, 3.8) is 0 Å². The Morgan fingerprint density at radius 3 is 2.27 bits per heavy atom. The number of carbonyl (C=O) groups is 6. The molecule has 0 aliphatic carbocycles. The zero-order chi connectivity index (χ0) is 33.0. The first-order chi connectivity index (χ1) is 20.8. The summed E-state index contributed by atoms with van der Waals surface area (Å²) in [6.07, 6.45) is 1.58. The largest absolute Gasteiger partial charge is 0.476 e. The molecular formula is C28H45N7O8S. The summed E-state index contributed by atoms with van der Waals surface area (Å²) in [5.74, 6) is -4.64. The monoisotopic (exact) mass is 639 g/mol. The van der Waals surface area contributed by atoms with Crippen LogP contribution in [-0.2, 0) is 24.0 Å². The molecule has 2 heterocycles. The van der Waals surface area contributed by atoms with Crippen LogP contribution in [0.25, 0.3) is 0 Å². The molecule has 1 aromatic heterocycles. The van der Waals surface area contributed by atoms with Crippen molar-refractivity contribution in [2.45, 2.75) is 96.4 Å². The van der Waals surface area contributed by atoms with Gasteiger partial charge in [-0.3, -0.25) is 24.0 Å². The average Bonchev–Trinajstić information content (AvgIpc) is 3.48. The van der Waals surface area contributed by atoms with Crippen molar-refractivity contribution in [3.05, 3.63) is 16.1 Å². The lowest BCUT2D eigenvalue weighted by molar-refractivity contribution is -0.134. The highest BCUT2D eigenvalue weighted by molar-refractivity contribution is 7.09. The van der Waals surface area contributed by atoms with E-state index < -0.39 is 66.4 Å². The molecule has 6 atom stereocenters. The molecule has 2 rings (SSSR count). The van der Waals surface area contributed by atoms with Crippen molar-refractivity contribution >= 4 is 46.8 Å². The Bertz CT molecular complexity index is 1180. The highest BCUT2D eigenvalue weighted by atomic mass is 32.1. The number of thiazole rings is 1. The second kappa shape index (κ2) is 17.6. The molecule has 0 saturated carbocycles. The van der Waals surface area contributed by atoms with E-state index in [1.165, 1.54) is 5.38 Å². The van der Waals surface area contributed by atoms with Crippen LogP contribution in [0.3, 0.4) is 0 Å². The normalized spacial score (nSPS) is 26.3. The van der Waals surface area contributed by atoms with Gasteiger partial charge in [0.1, 0.15) is 23.1 Å². The van der Waals surface area contributed by atoms with Crippen molar-refractivity contribution in [2.75, 3.05) is 13.2 Å². The van der Waals surface area contributed by atoms with Crippen LogP contribution in [0.4, 0.5) is 0 Å². The molecule has 1 aliphatic rings. The van der Waals surface area contributed by atoms with E-state index in [1.807, 2.05) is 13.8 Å². The lowest BCUT2D eigenvalue weighted by atomic mass is 9.96. The van der Waals surface area contributed by atoms with Gasteiger partial charge in [-0.1, -0.05) is 34.1 Å². The molecule has 1 aliphatic heterocycles. The summed E-state index contributed by atoms with van der Waals surface area (Å²) in [7, 11) is 0. The van der Waals surface area contributed by atoms with E-state index in [-0.39, 0.29) is 42.8 Å². The molecule has 1 saturated heterocycles. The van der Waals surface area contributed by atoms with Crippen molar-refractivity contribution in [2.24, 2.45) is 17.6 Å². The van der Waals surface area contributed by atoms with Crippen molar-refractivity contribution < 1.29 is 39.0 Å². The van der Waals surface area contributed by atoms with Crippen LogP contribution in [0.2, 0.25) is 0 Å². The second-order valence-electron chi connectivity index (χ2n) is 11.3. The summed E-state index contributed by atoms with van der Waals surface area (Å²) in [5.41, 5.74) is 5.78. The molecule has 9 N–H and O–H groups in total. The maximum atomic E-state index is 13.2. The number of carbonyl (C=O) groups excluding carboxylic acids is 5. The van der Waals surface area contributed by atoms with Gasteiger partial charge in [0, 0.05) is 18.3 Å². The van der Waals surface area contributed by atoms with Crippen LogP contribution in [0.5, 0.6) is 0 Å². The van der Waals surface area contributed by atoms with E-state index in [1.54, 1.807) is 13.8 Å². The van der Waals surface area contributed by atoms with E-state index >= 15 is 0 Å². The number of hydrogen-bond acceptors (Lipinski definition) is 10. The standard InChI is InChI=1S/C28H45N7O8S/c1-5-15(4)22-25(40)30-11-7-6-8-17(27-33-19(13-44-27)28(42)43)31-24(39)18(12-36)32-23(38)16(29)9-10-20(37)34-21(14(2)3)26(41)35-22/h13-18,21-22,36H,5-12,29H2,1-4H3,(H,30,40)(H,31,39)(H,32,38)(H,34,37)(H,35,41)(H,42,43)/t15?,16-,17?,18-,21?,22?/m0/s1. The molecule has 0 spiro atoms. The molecule has 15 nitrogen and oxygen atoms in total. The Hall–Kier alpha value is -3.63. The predicted molar refractivity (Wildman–Crippen MR) is 161 cm³/mol. The summed E-state index contributed by atoms with van der Waals surface area (Å²) >= 11 is 1.04. The molecule has 5 amide bonds. The Balaban J connectivity index is 2.33. The maximum absolute atomic E-state index is 13.2. The van der Waals surface area contributed by atoms with Gasteiger partial charge in [-0.2, -0.15) is 0 Å². The van der Waals surface area contributed by atoms with Gasteiger partial charge in [0.05, 0.1) is 18.7 Å². The fourth-order valence-corrected chi connectivity index (χ4v) is 5.36. The van der Waals surface area contributed by atoms with E-state index in [0.29, 0.717) is 30.7 Å². The molecular weight excluding hydrogens is 594 g/mol. The molecule has 44 heavy (non-hydrogen) atoms. The van der Waals surface area contributed by atoms with E-state index in [4.69, 9.17) is 5.73 Å². The fourth-order valence-electron chi connectivity index (χ4n) is 4.49. The van der Waals surface area contributed by atoms with Crippen LogP contribution in [0.15, 0.2) is 5.38 Å². The summed E-state index contributed by atoms with van der Waals surface area (Å²) in [6, 6.07) is -5.09. The molecule has 1 aromatic rings. The summed E-state index contributed by atoms with van der Waals surface area (Å²) in [4.78, 5) is 80.4. The zero-order valence-electron chi connectivity index (χ0n) is 25.6. The zero-order valence-corrected chi connectivity index (χ0v) is 26.4. The number of nitrogens with zero attached hydrogens (tertiary/aromatic N) is 1. The number of amides is 5. The summed E-state index contributed by atoms with van der Waals surface area (Å²) in [5, 5.41) is 34.2. The van der Waals surface area contributed by atoms with E-state index in [9.17, 15) is 39.0 Å². The first kappa shape index (κ1) is 36.6. The molecule has 0 radical (unpaired) electrons. The number of aliphatic hydroxyl groups excluding tert-OH is 1. The molecule has 16 heteroatoms. The first-order valence-corrected chi connectivity index (χ1v) is 15.7. The fraction of sp³-hybridized carbons (Fsp3) is 0.679. The molecule has 4 unspecified atom stereocenters. The minimum atomic E-state index is -1.37. The number of nitrogens with one attached hydrogen (secondary N) is 5. The minimum Gasteiger partial charge on any atom is -0.476 e. The minimum absolute atomic E-state index is 0.110. The van der Waals surface area contributed by atoms with Gasteiger partial charge < -0.3 is 42.5 Å². The number of aromatic nitrogens is 1. The van der Waals surface area contributed by atoms with Gasteiger partial charge in [-0.15, -0.1) is 11.3 Å². The number of nitrogens with two attached hydrogens (primary N) is 1. The Morgan fingerprint density at radius 2 is 1.68 bits per heavy atom. The maximum Gasteiger partial charge on any atom is 0.355 e. The van der Waals surface area contributed by atoms with Crippen molar-refractivity contribution in [3.8, 4) is 0 Å². The number of aliphatic hydroxyl groups is 1. The predicted octanol–water partition coefficient (Wildman–Crippen LogP) is -0.445. The first-order valence-electron chi connectivity index (χ1n) is 14.8. The van der Waals surface area contributed by atoms with Gasteiger partial charge in [0.2, 0.25) is 29.5 Å². The van der Waals surface area contributed by atoms with E-state index in [2.05, 4.69) is 31.6 Å². The number of hydrogen-bond donors (Lipinski definition) is 8. The van der Waals surface area contributed by atoms with Crippen LogP contribution in [0, 0.1) is 11.8 Å². The van der Waals surface area contributed by atoms with Crippen molar-refractivity contribution in [1.29, 1.82) is 0 Å². The quantitative estimate of drug-likeness (QED) is 0.199. The van der Waals surface area contributed by atoms with E-state index in [0.717, 1.165) is 11.3 Å². The molecule has 0 aromatic carbocycles. The third-order valence-electron chi connectivity index (χ3n) is 7.47. The van der Waals surface area contributed by atoms with Gasteiger partial charge in [-0.05, 0) is 37.5 Å². The number of carboxylic acid groups (broad SMARTS) is 1. The highest BCUT2D eigenvalue weighted by Crippen LogP contribution is 2.24. The van der Waals surface area contributed by atoms with Gasteiger partial charge >= 0.3 is 5.97 Å². The topological polar surface area (TPSA) is 242 Å². The summed E-state index contributed by atoms with van der Waals surface area (Å²) < 4.78 is 0. The second-order valence-corrected chi connectivity index (χ2v) is 12.2. The van der Waals surface area contributed by atoms with Crippen molar-refractivity contribution in [1.82, 2.24) is 31.6 Å². The van der Waals surface area contributed by atoms with Gasteiger partial charge in [0.15, 0.2) is 5.69 Å². The SMILES string of the molecule is CCC(C)C1NC(=O)C(C(C)C)NC(=O)CC[C@H](N)C(=O)N[C@@H](CO)C(=O)NC(c2nc(C(=O)O)cs2)CCCCNC1=O. The molecule has 0 bridgehead atoms. The van der Waals surface area contributed by atoms with Crippen LogP contribution in [0.1, 0.15) is 87.8 Å². The Kier molecular flexibility index (Phi) is 14.6. The van der Waals surface area contributed by atoms with Crippen LogP contribution in [-0.4, -0.2) is 88.0 Å². The van der Waals surface area contributed by atoms with Gasteiger partial charge in [0.25, 0.3) is 0 Å². The number of carboxylic acids is 1. The van der Waals surface area contributed by atoms with Gasteiger partial charge in [-0.25, -0.2) is 9.78 Å². The average molecular weight is 640 g/mol. The Morgan fingerprint density at radius 1 is 0.977 bits per heavy atom. The lowest BCUT2D eigenvalue weighted by Crippen LogP contribution is -2.57. The molecule has 246 valence electrons. The highest BCUT2D eigenvalue weighted by Gasteiger charge is 2.32. The van der Waals surface area contributed by atoms with Crippen LogP contribution >= 0.6 is 11.3 Å². The Labute approximate surface area is 260 Å². The number of rotatable bonds is 6. The number of aromatic carboxylic acids is 1. The smallest absolute Gasteiger partial charge is 0.355 e. The van der Waals surface area contributed by atoms with Crippen LogP contribution < -0.4 is 32.3 Å².